The summed E-state index contributed by atoms with van der Waals surface area (Å²) in [7, 11) is 1.25. The lowest BCUT2D eigenvalue weighted by molar-refractivity contribution is -0.385. The van der Waals surface area contributed by atoms with Gasteiger partial charge in [0, 0.05) is 37.9 Å². The Labute approximate surface area is 470 Å². The highest BCUT2D eigenvalue weighted by molar-refractivity contribution is 5.82. The molecular weight excluding hydrogens is 1090 g/mol. The number of alkyl carbamates (subject to hydrolysis) is 3. The van der Waals surface area contributed by atoms with E-state index in [1.54, 1.807) is 47.6 Å². The molecule has 0 aromatic heterocycles. The van der Waals surface area contributed by atoms with E-state index in [2.05, 4.69) is 26.6 Å². The van der Waals surface area contributed by atoms with E-state index in [4.69, 9.17) is 37.9 Å². The molecule has 1 saturated carbocycles. The van der Waals surface area contributed by atoms with E-state index in [0.29, 0.717) is 11.1 Å². The second-order valence-corrected chi connectivity index (χ2v) is 21.9. The predicted octanol–water partition coefficient (Wildman–Crippen LogP) is 0.575. The fraction of sp³-hybridized carbons (Fsp3) is 0.627. The van der Waals surface area contributed by atoms with Crippen molar-refractivity contribution in [2.45, 2.75) is 165 Å². The first-order valence-corrected chi connectivity index (χ1v) is 25.9. The molecule has 0 radical (unpaired) electrons. The Morgan fingerprint density at radius 1 is 0.756 bits per heavy atom. The number of rotatable bonds is 22. The van der Waals surface area contributed by atoms with E-state index < -0.39 is 163 Å². The van der Waals surface area contributed by atoms with E-state index in [0.717, 1.165) is 4.90 Å². The summed E-state index contributed by atoms with van der Waals surface area (Å²) in [5, 5.41) is 102. The molecule has 1 unspecified atom stereocenters. The molecule has 31 heteroatoms. The molecule has 0 bridgehead atoms. The van der Waals surface area contributed by atoms with Crippen LogP contribution in [0.5, 0.6) is 0 Å². The molecule has 11 N–H and O–H groups in total. The van der Waals surface area contributed by atoms with Crippen LogP contribution in [0.3, 0.4) is 0 Å². The third-order valence-electron chi connectivity index (χ3n) is 12.6. The highest BCUT2D eigenvalue weighted by Gasteiger charge is 2.55. The zero-order chi connectivity index (χ0) is 60.9. The van der Waals surface area contributed by atoms with Crippen LogP contribution in [0.2, 0.25) is 0 Å². The zero-order valence-corrected chi connectivity index (χ0v) is 46.5. The molecule has 2 aliphatic heterocycles. The number of ether oxygens (including phenoxy) is 8. The number of benzene rings is 2. The first-order valence-electron chi connectivity index (χ1n) is 25.9. The molecule has 5 rings (SSSR count). The quantitative estimate of drug-likeness (QED) is 0.0436. The molecule has 3 aliphatic rings. The largest absolute Gasteiger partial charge is 0.466 e. The van der Waals surface area contributed by atoms with Crippen LogP contribution >= 0.6 is 0 Å². The number of aliphatic hydroxyl groups is 6. The van der Waals surface area contributed by atoms with Crippen LogP contribution in [0, 0.1) is 20.2 Å². The van der Waals surface area contributed by atoms with Gasteiger partial charge in [-0.2, -0.15) is 0 Å². The average Bonchev–Trinajstić information content (AvgIpc) is 3.44. The Bertz CT molecular complexity index is 2540. The molecule has 31 nitrogen and oxygen atoms in total. The van der Waals surface area contributed by atoms with Gasteiger partial charge in [0.2, 0.25) is 6.29 Å². The number of likely N-dealkylation sites (N-methyl/N-ethyl adjacent to an activating group) is 1. The summed E-state index contributed by atoms with van der Waals surface area (Å²) in [6, 6.07) is 4.47. The van der Waals surface area contributed by atoms with Crippen LogP contribution in [0.15, 0.2) is 60.4 Å². The monoisotopic (exact) mass is 1170 g/mol. The Kier molecular flexibility index (Phi) is 23.1. The van der Waals surface area contributed by atoms with Gasteiger partial charge in [-0.3, -0.25) is 25.0 Å². The Morgan fingerprint density at radius 2 is 1.27 bits per heavy atom. The summed E-state index contributed by atoms with van der Waals surface area (Å²) in [5.41, 5.74) is -3.70. The van der Waals surface area contributed by atoms with E-state index in [9.17, 15) is 74.8 Å². The minimum absolute atomic E-state index is 0.0720. The average molecular weight is 1170 g/mol. The van der Waals surface area contributed by atoms with E-state index >= 15 is 0 Å². The molecule has 5 amide bonds. The van der Waals surface area contributed by atoms with Gasteiger partial charge in [-0.05, 0) is 103 Å². The number of aliphatic hydroxyl groups excluding tert-OH is 5. The lowest BCUT2D eigenvalue weighted by atomic mass is 9.82. The minimum atomic E-state index is -2.10. The highest BCUT2D eigenvalue weighted by Crippen LogP contribution is 2.35. The fourth-order valence-electron chi connectivity index (χ4n) is 8.73. The molecule has 2 fully saturated rings. The van der Waals surface area contributed by atoms with Crippen LogP contribution < -0.4 is 26.6 Å². The maximum absolute atomic E-state index is 13.9. The van der Waals surface area contributed by atoms with Crippen LogP contribution in [-0.4, -0.2) is 206 Å². The van der Waals surface area contributed by atoms with Crippen molar-refractivity contribution in [1.82, 2.24) is 31.5 Å². The van der Waals surface area contributed by atoms with Gasteiger partial charge in [0.05, 0.1) is 66.4 Å². The minimum Gasteiger partial charge on any atom is -0.466 e. The third-order valence-corrected chi connectivity index (χ3v) is 12.6. The van der Waals surface area contributed by atoms with Gasteiger partial charge in [0.15, 0.2) is 6.29 Å². The van der Waals surface area contributed by atoms with Gasteiger partial charge in [0.1, 0.15) is 66.3 Å². The summed E-state index contributed by atoms with van der Waals surface area (Å²) in [4.78, 5) is 89.3. The van der Waals surface area contributed by atoms with Crippen molar-refractivity contribution in [3.8, 4) is 0 Å². The maximum atomic E-state index is 13.9. The van der Waals surface area contributed by atoms with Crippen LogP contribution in [0.25, 0.3) is 0 Å². The van der Waals surface area contributed by atoms with Crippen molar-refractivity contribution in [2.75, 3.05) is 39.9 Å². The first kappa shape index (κ1) is 65.7. The van der Waals surface area contributed by atoms with E-state index in [1.807, 2.05) is 0 Å². The molecule has 82 heavy (non-hydrogen) atoms. The predicted molar refractivity (Wildman–Crippen MR) is 281 cm³/mol. The number of amides is 5. The molecular formula is C51H74N8O23. The van der Waals surface area contributed by atoms with Crippen LogP contribution in [0.1, 0.15) is 72.4 Å². The van der Waals surface area contributed by atoms with Gasteiger partial charge < -0.3 is 100 Å². The summed E-state index contributed by atoms with van der Waals surface area (Å²) in [5.74, 6) is -1.01. The standard InChI is InChI=1S/C51H74N8O23/c1-49(2,3)81-45(66)53-22-36(62)42(65)54-34-19-35(56-47(68)76-25-28-11-15-30(16-12-28)59(73)74)40(37(63)39(34)80-44-38(64)41(51(7,70)26-77-44)57(8)48(69)82-50(4,5)6)79-43-33(18-17-32(78-43)21-52-20-31(61)23-60)55-46(67)75-24-27-9-13-29(14-10-27)58(71)72/h9-17,31,33-41,43-44,52,60-64,70H,18-26H2,1-8H3,(H,53,66)(H,54,65)(H,55,67)(H,56,68)/t31?,33-,34-,35+,36-,37-,38-,39+,40-,41-,43-,44-,51+/m1/s1. The maximum Gasteiger partial charge on any atom is 0.410 e. The van der Waals surface area contributed by atoms with Crippen LogP contribution in [-0.2, 0) is 55.9 Å². The smallest absolute Gasteiger partial charge is 0.410 e. The summed E-state index contributed by atoms with van der Waals surface area (Å²) >= 11 is 0. The second-order valence-electron chi connectivity index (χ2n) is 21.9. The molecule has 2 aromatic rings. The molecule has 2 aromatic carbocycles. The number of non-ortho nitro benzene ring substituents is 2. The highest BCUT2D eigenvalue weighted by atomic mass is 16.7. The zero-order valence-electron chi connectivity index (χ0n) is 46.5. The summed E-state index contributed by atoms with van der Waals surface area (Å²) in [6.07, 6.45) is -17.5. The van der Waals surface area contributed by atoms with Crippen molar-refractivity contribution in [3.05, 3.63) is 91.7 Å². The Hall–Kier alpha value is -7.07. The molecule has 1 saturated heterocycles. The summed E-state index contributed by atoms with van der Waals surface area (Å²) < 4.78 is 46.6. The van der Waals surface area contributed by atoms with Gasteiger partial charge in [-0.1, -0.05) is 0 Å². The molecule has 0 spiro atoms. The van der Waals surface area contributed by atoms with Crippen LogP contribution in [0.4, 0.5) is 30.6 Å². The molecule has 456 valence electrons. The normalized spacial score (nSPS) is 26.2. The number of hydrogen-bond donors (Lipinski definition) is 11. The molecule has 13 atom stereocenters. The van der Waals surface area contributed by atoms with Crippen molar-refractivity contribution < 1.29 is 102 Å². The number of nitro groups is 2. The fourth-order valence-corrected chi connectivity index (χ4v) is 8.73. The van der Waals surface area contributed by atoms with Gasteiger partial charge in [-0.25, -0.2) is 19.2 Å². The lowest BCUT2D eigenvalue weighted by Gasteiger charge is -2.50. The van der Waals surface area contributed by atoms with Crippen molar-refractivity contribution in [2.24, 2.45) is 0 Å². The first-order chi connectivity index (χ1) is 38.3. The number of nitro benzene ring substituents is 2. The lowest BCUT2D eigenvalue weighted by Crippen LogP contribution is -2.71. The Balaban J connectivity index is 1.53. The van der Waals surface area contributed by atoms with E-state index in [1.165, 1.54) is 62.5 Å². The van der Waals surface area contributed by atoms with Crippen molar-refractivity contribution in [3.63, 3.8) is 0 Å². The second kappa shape index (κ2) is 28.8. The number of nitrogens with one attached hydrogen (secondary N) is 5. The number of hydrogen-bond acceptors (Lipinski definition) is 24. The number of nitrogens with zero attached hydrogens (tertiary/aromatic N) is 3. The van der Waals surface area contributed by atoms with Gasteiger partial charge in [-0.15, -0.1) is 0 Å². The Morgan fingerprint density at radius 3 is 1.78 bits per heavy atom. The summed E-state index contributed by atoms with van der Waals surface area (Å²) in [6.45, 7) is 7.93. The number of carbonyl (C=O) groups excluding carboxylic acids is 5. The third kappa shape index (κ3) is 19.5. The number of carbonyl (C=O) groups is 5. The van der Waals surface area contributed by atoms with Crippen molar-refractivity contribution >= 4 is 41.7 Å². The van der Waals surface area contributed by atoms with Gasteiger partial charge in [0.25, 0.3) is 17.3 Å². The van der Waals surface area contributed by atoms with Gasteiger partial charge >= 0.3 is 24.4 Å². The molecule has 1 aliphatic carbocycles. The van der Waals surface area contributed by atoms with Crippen molar-refractivity contribution in [1.29, 1.82) is 0 Å². The molecule has 2 heterocycles. The van der Waals surface area contributed by atoms with E-state index in [-0.39, 0.29) is 43.3 Å². The topological polar surface area (TPSA) is 430 Å². The SMILES string of the molecule is CN(C(=O)OC(C)(C)C)[C@@H]1[C@@H](O)[C@@H](O[C@@H]2[C@@H](O)[C@H](O[C@H]3OC(CNCC(O)CO)=CC[C@H]3NC(=O)OCc3ccc([N+](=O)[O-])cc3)[C@@H](NC(=O)OCc3ccc([N+](=O)[O-])cc3)C[C@H]2NC(=O)[C@H](O)CNC(=O)OC(C)(C)C)OC[C@]1(C)O.